The molecule has 0 spiro atoms. The van der Waals surface area contributed by atoms with Crippen molar-refractivity contribution in [3.05, 3.63) is 0 Å². The predicted octanol–water partition coefficient (Wildman–Crippen LogP) is 1.14. The fraction of sp³-hybridized carbons (Fsp3) is 0.867. The van der Waals surface area contributed by atoms with Crippen LogP contribution in [0.1, 0.15) is 46.5 Å². The average Bonchev–Trinajstić information content (AvgIpc) is 2.42. The van der Waals surface area contributed by atoms with Gasteiger partial charge in [0.15, 0.2) is 0 Å². The smallest absolute Gasteiger partial charge is 0.225 e. The molecule has 0 aliphatic carbocycles. The van der Waals surface area contributed by atoms with Crippen molar-refractivity contribution < 1.29 is 9.59 Å². The normalized spacial score (nSPS) is 19.8. The lowest BCUT2D eigenvalue weighted by Crippen LogP contribution is -2.47. The van der Waals surface area contributed by atoms with Crippen LogP contribution in [-0.2, 0) is 9.59 Å². The summed E-state index contributed by atoms with van der Waals surface area (Å²) in [7, 11) is 1.95. The number of nitrogens with one attached hydrogen (secondary N) is 2. The lowest BCUT2D eigenvalue weighted by molar-refractivity contribution is -0.133. The van der Waals surface area contributed by atoms with Crippen molar-refractivity contribution in [1.29, 1.82) is 0 Å². The third-order valence-electron chi connectivity index (χ3n) is 3.72. The molecule has 2 amide bonds. The Balaban J connectivity index is 2.22. The number of nitrogens with zero attached hydrogens (tertiary/aromatic N) is 1. The molecule has 116 valence electrons. The first-order valence-electron chi connectivity index (χ1n) is 7.58. The van der Waals surface area contributed by atoms with Gasteiger partial charge in [0.25, 0.3) is 0 Å². The lowest BCUT2D eigenvalue weighted by atomic mass is 9.96. The zero-order valence-electron chi connectivity index (χ0n) is 13.3. The Bertz CT molecular complexity index is 337. The standard InChI is InChI=1S/C15H29N3O2/c1-15(2,3)14(20)17-9-5-8-13(19)18-10-6-7-12(11-18)16-4/h12,16H,5-11H2,1-4H3,(H,17,20). The SMILES string of the molecule is CNC1CCCN(C(=O)CCCNC(=O)C(C)(C)C)C1. The third-order valence-corrected chi connectivity index (χ3v) is 3.72. The number of hydrogen-bond acceptors (Lipinski definition) is 3. The summed E-state index contributed by atoms with van der Waals surface area (Å²) in [6.45, 7) is 7.91. The van der Waals surface area contributed by atoms with Crippen molar-refractivity contribution in [2.75, 3.05) is 26.7 Å². The highest BCUT2D eigenvalue weighted by Gasteiger charge is 2.23. The zero-order valence-corrected chi connectivity index (χ0v) is 13.3. The molecular weight excluding hydrogens is 254 g/mol. The molecule has 0 saturated carbocycles. The summed E-state index contributed by atoms with van der Waals surface area (Å²) >= 11 is 0. The van der Waals surface area contributed by atoms with E-state index in [0.717, 1.165) is 25.9 Å². The van der Waals surface area contributed by atoms with E-state index in [1.54, 1.807) is 0 Å². The van der Waals surface area contributed by atoms with E-state index in [-0.39, 0.29) is 17.2 Å². The van der Waals surface area contributed by atoms with Gasteiger partial charge >= 0.3 is 0 Å². The van der Waals surface area contributed by atoms with E-state index in [1.165, 1.54) is 0 Å². The first-order chi connectivity index (χ1) is 9.34. The van der Waals surface area contributed by atoms with Gasteiger partial charge in [0.1, 0.15) is 0 Å². The topological polar surface area (TPSA) is 61.4 Å². The van der Waals surface area contributed by atoms with Crippen LogP contribution in [0.2, 0.25) is 0 Å². The van der Waals surface area contributed by atoms with Gasteiger partial charge < -0.3 is 15.5 Å². The van der Waals surface area contributed by atoms with Crippen LogP contribution in [0.5, 0.6) is 0 Å². The fourth-order valence-electron chi connectivity index (χ4n) is 2.30. The molecule has 0 aromatic heterocycles. The quantitative estimate of drug-likeness (QED) is 0.744. The molecular formula is C15H29N3O2. The number of rotatable bonds is 5. The second-order valence-corrected chi connectivity index (χ2v) is 6.58. The van der Waals surface area contributed by atoms with Crippen LogP contribution in [0.4, 0.5) is 0 Å². The molecule has 1 fully saturated rings. The van der Waals surface area contributed by atoms with Gasteiger partial charge in [-0.3, -0.25) is 9.59 Å². The summed E-state index contributed by atoms with van der Waals surface area (Å²) in [6.07, 6.45) is 3.43. The Labute approximate surface area is 122 Å². The van der Waals surface area contributed by atoms with Crippen molar-refractivity contribution in [1.82, 2.24) is 15.5 Å². The Morgan fingerprint density at radius 1 is 1.30 bits per heavy atom. The van der Waals surface area contributed by atoms with Crippen LogP contribution < -0.4 is 10.6 Å². The van der Waals surface area contributed by atoms with Gasteiger partial charge in [-0.15, -0.1) is 0 Å². The van der Waals surface area contributed by atoms with E-state index in [0.29, 0.717) is 25.4 Å². The second-order valence-electron chi connectivity index (χ2n) is 6.58. The second kappa shape index (κ2) is 7.62. The molecule has 0 aromatic carbocycles. The highest BCUT2D eigenvalue weighted by molar-refractivity contribution is 5.81. The summed E-state index contributed by atoms with van der Waals surface area (Å²) in [5, 5.41) is 6.12. The van der Waals surface area contributed by atoms with Gasteiger partial charge in [-0.1, -0.05) is 20.8 Å². The maximum atomic E-state index is 12.1. The minimum Gasteiger partial charge on any atom is -0.356 e. The van der Waals surface area contributed by atoms with Gasteiger partial charge in [-0.2, -0.15) is 0 Å². The number of amides is 2. The Hall–Kier alpha value is -1.10. The first-order valence-corrected chi connectivity index (χ1v) is 7.58. The molecule has 0 aromatic rings. The minimum atomic E-state index is -0.364. The molecule has 1 unspecified atom stereocenters. The maximum absolute atomic E-state index is 12.1. The molecule has 1 heterocycles. The number of hydrogen-bond donors (Lipinski definition) is 2. The van der Waals surface area contributed by atoms with Crippen molar-refractivity contribution in [3.8, 4) is 0 Å². The van der Waals surface area contributed by atoms with Gasteiger partial charge in [0.2, 0.25) is 11.8 Å². The number of carbonyl (C=O) groups is 2. The Morgan fingerprint density at radius 3 is 2.60 bits per heavy atom. The summed E-state index contributed by atoms with van der Waals surface area (Å²) in [5.74, 6) is 0.244. The van der Waals surface area contributed by atoms with E-state index < -0.39 is 0 Å². The van der Waals surface area contributed by atoms with Crippen molar-refractivity contribution in [2.45, 2.75) is 52.5 Å². The molecule has 0 bridgehead atoms. The molecule has 2 N–H and O–H groups in total. The first kappa shape index (κ1) is 17.0. The Morgan fingerprint density at radius 2 is 2.00 bits per heavy atom. The monoisotopic (exact) mass is 283 g/mol. The maximum Gasteiger partial charge on any atom is 0.225 e. The highest BCUT2D eigenvalue weighted by Crippen LogP contribution is 2.13. The molecule has 1 saturated heterocycles. The summed E-state index contributed by atoms with van der Waals surface area (Å²) in [5.41, 5.74) is -0.364. The number of piperidine rings is 1. The predicted molar refractivity (Wildman–Crippen MR) is 80.4 cm³/mol. The molecule has 5 nitrogen and oxygen atoms in total. The van der Waals surface area contributed by atoms with Crippen LogP contribution in [0.15, 0.2) is 0 Å². The molecule has 20 heavy (non-hydrogen) atoms. The highest BCUT2D eigenvalue weighted by atomic mass is 16.2. The van der Waals surface area contributed by atoms with Gasteiger partial charge in [-0.05, 0) is 26.3 Å². The van der Waals surface area contributed by atoms with Crippen LogP contribution in [0.25, 0.3) is 0 Å². The van der Waals surface area contributed by atoms with Crippen molar-refractivity contribution in [3.63, 3.8) is 0 Å². The lowest BCUT2D eigenvalue weighted by Gasteiger charge is -2.32. The van der Waals surface area contributed by atoms with E-state index in [4.69, 9.17) is 0 Å². The molecule has 1 atom stereocenters. The van der Waals surface area contributed by atoms with Crippen LogP contribution in [0.3, 0.4) is 0 Å². The average molecular weight is 283 g/mol. The van der Waals surface area contributed by atoms with Crippen LogP contribution in [-0.4, -0.2) is 49.4 Å². The number of likely N-dealkylation sites (N-methyl/N-ethyl adjacent to an activating group) is 1. The van der Waals surface area contributed by atoms with Crippen molar-refractivity contribution in [2.24, 2.45) is 5.41 Å². The molecule has 0 radical (unpaired) electrons. The van der Waals surface area contributed by atoms with Crippen molar-refractivity contribution >= 4 is 11.8 Å². The van der Waals surface area contributed by atoms with Gasteiger partial charge in [-0.25, -0.2) is 0 Å². The summed E-state index contributed by atoms with van der Waals surface area (Å²) in [6, 6.07) is 0.424. The largest absolute Gasteiger partial charge is 0.356 e. The van der Waals surface area contributed by atoms with Crippen LogP contribution in [0, 0.1) is 5.41 Å². The van der Waals surface area contributed by atoms with Crippen LogP contribution >= 0.6 is 0 Å². The number of carbonyl (C=O) groups excluding carboxylic acids is 2. The fourth-order valence-corrected chi connectivity index (χ4v) is 2.30. The summed E-state index contributed by atoms with van der Waals surface area (Å²) < 4.78 is 0. The minimum absolute atomic E-state index is 0.0400. The molecule has 1 rings (SSSR count). The zero-order chi connectivity index (χ0) is 15.2. The Kier molecular flexibility index (Phi) is 6.46. The number of likely N-dealkylation sites (tertiary alicyclic amines) is 1. The third kappa shape index (κ3) is 5.49. The van der Waals surface area contributed by atoms with E-state index in [9.17, 15) is 9.59 Å². The molecule has 5 heteroatoms. The van der Waals surface area contributed by atoms with Gasteiger partial charge in [0.05, 0.1) is 0 Å². The molecule has 1 aliphatic rings. The van der Waals surface area contributed by atoms with E-state index in [2.05, 4.69) is 10.6 Å². The van der Waals surface area contributed by atoms with E-state index >= 15 is 0 Å². The molecule has 1 aliphatic heterocycles. The summed E-state index contributed by atoms with van der Waals surface area (Å²) in [4.78, 5) is 25.7. The van der Waals surface area contributed by atoms with E-state index in [1.807, 2.05) is 32.7 Å². The van der Waals surface area contributed by atoms with Gasteiger partial charge in [0, 0.05) is 37.5 Å².